The Kier molecular flexibility index (Phi) is 3.24. The minimum absolute atomic E-state index is 0.234. The molecule has 1 aromatic rings. The Balaban J connectivity index is 1.89. The van der Waals surface area contributed by atoms with Crippen molar-refractivity contribution in [3.05, 3.63) is 23.8 Å². The third-order valence-corrected chi connectivity index (χ3v) is 2.71. The smallest absolute Gasteiger partial charge is 0.410 e. The molecule has 2 heterocycles. The van der Waals surface area contributed by atoms with Gasteiger partial charge in [-0.2, -0.15) is 0 Å². The van der Waals surface area contributed by atoms with Gasteiger partial charge in [-0.05, 0) is 33.8 Å². The van der Waals surface area contributed by atoms with Crippen LogP contribution >= 0.6 is 0 Å². The summed E-state index contributed by atoms with van der Waals surface area (Å²) in [5.74, 6) is 1.05. The minimum atomic E-state index is -0.442. The maximum atomic E-state index is 11.7. The molecule has 0 aliphatic carbocycles. The summed E-state index contributed by atoms with van der Waals surface area (Å²) in [6.07, 6.45) is 1.50. The van der Waals surface area contributed by atoms with E-state index in [9.17, 15) is 4.79 Å². The van der Waals surface area contributed by atoms with Crippen molar-refractivity contribution in [3.63, 3.8) is 0 Å². The standard InChI is InChI=1S/C13H19N3O2/c1-9-5-6-14-11(15-9)10-7-16(8-10)12(17)18-13(2,3)4/h5-6,10H,7-8H2,1-4H3. The lowest BCUT2D eigenvalue weighted by Crippen LogP contribution is -2.50. The lowest BCUT2D eigenvalue weighted by molar-refractivity contribution is 0.00751. The van der Waals surface area contributed by atoms with Crippen molar-refractivity contribution >= 4 is 6.09 Å². The van der Waals surface area contributed by atoms with Crippen LogP contribution in [0.4, 0.5) is 4.79 Å². The van der Waals surface area contributed by atoms with Crippen molar-refractivity contribution in [1.82, 2.24) is 14.9 Å². The topological polar surface area (TPSA) is 55.3 Å². The zero-order valence-electron chi connectivity index (χ0n) is 11.3. The lowest BCUT2D eigenvalue weighted by Gasteiger charge is -2.38. The molecule has 1 saturated heterocycles. The van der Waals surface area contributed by atoms with E-state index in [2.05, 4.69) is 9.97 Å². The quantitative estimate of drug-likeness (QED) is 0.765. The molecule has 0 N–H and O–H groups in total. The van der Waals surface area contributed by atoms with Gasteiger partial charge in [0.1, 0.15) is 11.4 Å². The summed E-state index contributed by atoms with van der Waals surface area (Å²) in [6, 6.07) is 1.87. The Morgan fingerprint density at radius 1 is 1.44 bits per heavy atom. The maximum Gasteiger partial charge on any atom is 0.410 e. The second-order valence-electron chi connectivity index (χ2n) is 5.64. The molecular formula is C13H19N3O2. The van der Waals surface area contributed by atoms with Gasteiger partial charge in [-0.25, -0.2) is 14.8 Å². The average molecular weight is 249 g/mol. The number of likely N-dealkylation sites (tertiary alicyclic amines) is 1. The molecule has 1 aliphatic heterocycles. The normalized spacial score (nSPS) is 16.3. The first-order chi connectivity index (χ1) is 8.35. The van der Waals surface area contributed by atoms with Gasteiger partial charge in [0, 0.05) is 25.0 Å². The Morgan fingerprint density at radius 2 is 2.11 bits per heavy atom. The van der Waals surface area contributed by atoms with E-state index in [0.717, 1.165) is 11.5 Å². The molecule has 5 nitrogen and oxygen atoms in total. The Morgan fingerprint density at radius 3 is 2.67 bits per heavy atom. The molecule has 1 amide bonds. The van der Waals surface area contributed by atoms with Crippen LogP contribution < -0.4 is 0 Å². The molecule has 0 saturated carbocycles. The van der Waals surface area contributed by atoms with Gasteiger partial charge >= 0.3 is 6.09 Å². The summed E-state index contributed by atoms with van der Waals surface area (Å²) in [4.78, 5) is 22.0. The van der Waals surface area contributed by atoms with E-state index >= 15 is 0 Å². The van der Waals surface area contributed by atoms with Crippen molar-refractivity contribution in [2.75, 3.05) is 13.1 Å². The number of nitrogens with zero attached hydrogens (tertiary/aromatic N) is 3. The van der Waals surface area contributed by atoms with Crippen LogP contribution in [-0.4, -0.2) is 39.7 Å². The van der Waals surface area contributed by atoms with E-state index in [1.54, 1.807) is 11.1 Å². The number of aromatic nitrogens is 2. The van der Waals surface area contributed by atoms with Crippen molar-refractivity contribution in [2.45, 2.75) is 39.2 Å². The number of carbonyl (C=O) groups excluding carboxylic acids is 1. The van der Waals surface area contributed by atoms with Crippen LogP contribution in [0.25, 0.3) is 0 Å². The highest BCUT2D eigenvalue weighted by molar-refractivity contribution is 5.69. The van der Waals surface area contributed by atoms with E-state index in [1.165, 1.54) is 0 Å². The van der Waals surface area contributed by atoms with Gasteiger partial charge in [0.25, 0.3) is 0 Å². The van der Waals surface area contributed by atoms with E-state index in [4.69, 9.17) is 4.74 Å². The maximum absolute atomic E-state index is 11.7. The monoisotopic (exact) mass is 249 g/mol. The molecule has 0 radical (unpaired) electrons. The van der Waals surface area contributed by atoms with Crippen LogP contribution in [0.5, 0.6) is 0 Å². The highest BCUT2D eigenvalue weighted by Gasteiger charge is 2.36. The van der Waals surface area contributed by atoms with Gasteiger partial charge in [-0.3, -0.25) is 0 Å². The second kappa shape index (κ2) is 4.55. The summed E-state index contributed by atoms with van der Waals surface area (Å²) >= 11 is 0. The number of carbonyl (C=O) groups is 1. The van der Waals surface area contributed by atoms with Crippen LogP contribution in [-0.2, 0) is 4.74 Å². The van der Waals surface area contributed by atoms with Gasteiger partial charge in [0.2, 0.25) is 0 Å². The van der Waals surface area contributed by atoms with Crippen LogP contribution in [0.1, 0.15) is 38.2 Å². The van der Waals surface area contributed by atoms with Gasteiger partial charge < -0.3 is 9.64 Å². The van der Waals surface area contributed by atoms with Crippen LogP contribution in [0.3, 0.4) is 0 Å². The summed E-state index contributed by atoms with van der Waals surface area (Å²) in [5, 5.41) is 0. The summed E-state index contributed by atoms with van der Waals surface area (Å²) < 4.78 is 5.30. The molecule has 5 heteroatoms. The van der Waals surface area contributed by atoms with Crippen molar-refractivity contribution in [3.8, 4) is 0 Å². The minimum Gasteiger partial charge on any atom is -0.444 e. The number of hydrogen-bond acceptors (Lipinski definition) is 4. The number of ether oxygens (including phenoxy) is 1. The van der Waals surface area contributed by atoms with Crippen molar-refractivity contribution in [2.24, 2.45) is 0 Å². The summed E-state index contributed by atoms with van der Waals surface area (Å²) in [6.45, 7) is 8.82. The van der Waals surface area contributed by atoms with E-state index in [1.807, 2.05) is 33.8 Å². The summed E-state index contributed by atoms with van der Waals surface area (Å²) in [7, 11) is 0. The molecule has 0 bridgehead atoms. The first-order valence-electron chi connectivity index (χ1n) is 6.12. The van der Waals surface area contributed by atoms with Gasteiger partial charge in [0.15, 0.2) is 0 Å². The molecule has 0 aromatic carbocycles. The first kappa shape index (κ1) is 12.8. The molecule has 0 unspecified atom stereocenters. The van der Waals surface area contributed by atoms with Crippen LogP contribution in [0.2, 0.25) is 0 Å². The largest absolute Gasteiger partial charge is 0.444 e. The molecule has 18 heavy (non-hydrogen) atoms. The number of amides is 1. The third-order valence-electron chi connectivity index (χ3n) is 2.71. The molecule has 0 spiro atoms. The van der Waals surface area contributed by atoms with Crippen LogP contribution in [0, 0.1) is 6.92 Å². The third kappa shape index (κ3) is 2.97. The zero-order chi connectivity index (χ0) is 13.3. The highest BCUT2D eigenvalue weighted by atomic mass is 16.6. The van der Waals surface area contributed by atoms with Gasteiger partial charge in [-0.1, -0.05) is 0 Å². The predicted octanol–water partition coefficient (Wildman–Crippen LogP) is 2.12. The highest BCUT2D eigenvalue weighted by Crippen LogP contribution is 2.25. The fourth-order valence-electron chi connectivity index (χ4n) is 1.78. The molecule has 0 atom stereocenters. The van der Waals surface area contributed by atoms with Crippen LogP contribution in [0.15, 0.2) is 12.3 Å². The van der Waals surface area contributed by atoms with Crippen molar-refractivity contribution in [1.29, 1.82) is 0 Å². The average Bonchev–Trinajstić information content (AvgIpc) is 2.11. The molecule has 98 valence electrons. The van der Waals surface area contributed by atoms with E-state index in [-0.39, 0.29) is 12.0 Å². The molecule has 1 fully saturated rings. The summed E-state index contributed by atoms with van der Waals surface area (Å²) in [5.41, 5.74) is 0.512. The fraction of sp³-hybridized carbons (Fsp3) is 0.615. The lowest BCUT2D eigenvalue weighted by atomic mass is 10.00. The van der Waals surface area contributed by atoms with Gasteiger partial charge in [0.05, 0.1) is 5.92 Å². The molecular weight excluding hydrogens is 230 g/mol. The SMILES string of the molecule is Cc1ccnc(C2CN(C(=O)OC(C)(C)C)C2)n1. The number of hydrogen-bond donors (Lipinski definition) is 0. The predicted molar refractivity (Wildman–Crippen MR) is 67.3 cm³/mol. The Hall–Kier alpha value is -1.65. The molecule has 1 aliphatic rings. The molecule has 2 rings (SSSR count). The van der Waals surface area contributed by atoms with E-state index in [0.29, 0.717) is 13.1 Å². The van der Waals surface area contributed by atoms with E-state index < -0.39 is 5.60 Å². The van der Waals surface area contributed by atoms with Gasteiger partial charge in [-0.15, -0.1) is 0 Å². The fourth-order valence-corrected chi connectivity index (χ4v) is 1.78. The Bertz CT molecular complexity index is 448. The number of rotatable bonds is 1. The second-order valence-corrected chi connectivity index (χ2v) is 5.64. The first-order valence-corrected chi connectivity index (χ1v) is 6.12. The Labute approximate surface area is 107 Å². The van der Waals surface area contributed by atoms with Crippen molar-refractivity contribution < 1.29 is 9.53 Å². The number of aryl methyl sites for hydroxylation is 1. The molecule has 1 aromatic heterocycles. The zero-order valence-corrected chi connectivity index (χ0v) is 11.3.